The lowest BCUT2D eigenvalue weighted by Gasteiger charge is -1.96. The number of rotatable bonds is 3. The highest BCUT2D eigenvalue weighted by Crippen LogP contribution is 2.14. The maximum Gasteiger partial charge on any atom is 0.269 e. The van der Waals surface area contributed by atoms with Gasteiger partial charge in [0, 0.05) is 17.9 Å². The molecule has 0 saturated carbocycles. The summed E-state index contributed by atoms with van der Waals surface area (Å²) in [6.45, 7) is 0. The summed E-state index contributed by atoms with van der Waals surface area (Å²) in [6.07, 6.45) is 0.644. The second-order valence-electron chi connectivity index (χ2n) is 2.31. The van der Waals surface area contributed by atoms with E-state index in [-0.39, 0.29) is 5.69 Å². The number of non-ortho nitro benzene ring substituents is 1. The van der Waals surface area contributed by atoms with Gasteiger partial charge >= 0.3 is 0 Å². The molecule has 0 amide bonds. The second kappa shape index (κ2) is 4.11. The van der Waals surface area contributed by atoms with Crippen LogP contribution < -0.4 is 0 Å². The molecular weight excluding hydrogens is 174 g/mol. The van der Waals surface area contributed by atoms with Crippen LogP contribution in [-0.2, 0) is 6.42 Å². The molecule has 1 aromatic rings. The van der Waals surface area contributed by atoms with E-state index in [9.17, 15) is 10.1 Å². The summed E-state index contributed by atoms with van der Waals surface area (Å²) in [4.78, 5) is 9.93. The van der Waals surface area contributed by atoms with Crippen molar-refractivity contribution in [2.75, 3.05) is 0 Å². The van der Waals surface area contributed by atoms with Crippen LogP contribution in [0.2, 0.25) is 0 Å². The van der Waals surface area contributed by atoms with Crippen molar-refractivity contribution in [2.24, 2.45) is 0 Å². The smallest absolute Gasteiger partial charge is 0.258 e. The van der Waals surface area contributed by atoms with Gasteiger partial charge < -0.3 is 0 Å². The Bertz CT molecular complexity index is 288. The van der Waals surface area contributed by atoms with E-state index >= 15 is 0 Å². The highest BCUT2D eigenvalue weighted by molar-refractivity contribution is 7.82. The number of benzene rings is 1. The van der Waals surface area contributed by atoms with Gasteiger partial charge in [-0.2, -0.15) is 12.6 Å². The van der Waals surface area contributed by atoms with Gasteiger partial charge in [-0.3, -0.25) is 10.1 Å². The monoisotopic (exact) mass is 182 g/mol. The molecule has 0 unspecified atom stereocenters. The molecule has 0 spiro atoms. The maximum absolute atomic E-state index is 10.3. The Hall–Kier alpha value is -1.03. The molecule has 12 heavy (non-hydrogen) atoms. The fourth-order valence-corrected chi connectivity index (χ4v) is 1.11. The van der Waals surface area contributed by atoms with Crippen LogP contribution in [0.15, 0.2) is 24.3 Å². The number of hydrogen-bond donors (Lipinski definition) is 1. The van der Waals surface area contributed by atoms with Crippen LogP contribution in [0.25, 0.3) is 0 Å². The Morgan fingerprint density at radius 3 is 2.92 bits per heavy atom. The Balaban J connectivity index is 2.88. The third-order valence-corrected chi connectivity index (χ3v) is 1.63. The van der Waals surface area contributed by atoms with Gasteiger partial charge in [0.1, 0.15) is 0 Å². The average molecular weight is 182 g/mol. The van der Waals surface area contributed by atoms with Gasteiger partial charge in [0.25, 0.3) is 5.69 Å². The van der Waals surface area contributed by atoms with E-state index < -0.39 is 4.92 Å². The molecule has 1 rings (SSSR count). The van der Waals surface area contributed by atoms with Crippen LogP contribution >= 0.6 is 12.6 Å². The van der Waals surface area contributed by atoms with Crippen molar-refractivity contribution in [1.82, 2.24) is 0 Å². The van der Waals surface area contributed by atoms with Gasteiger partial charge in [-0.05, 0) is 12.0 Å². The van der Waals surface area contributed by atoms with Crippen molar-refractivity contribution in [1.29, 1.82) is 0 Å². The summed E-state index contributed by atoms with van der Waals surface area (Å²) in [5.74, 6) is 1.67. The number of hydrogen-bond acceptors (Lipinski definition) is 3. The minimum absolute atomic E-state index is 0.127. The fourth-order valence-electron chi connectivity index (χ4n) is 0.902. The maximum atomic E-state index is 10.3. The van der Waals surface area contributed by atoms with Crippen molar-refractivity contribution in [2.45, 2.75) is 6.42 Å². The first kappa shape index (κ1) is 9.06. The molecule has 0 aliphatic rings. The van der Waals surface area contributed by atoms with Crippen molar-refractivity contribution in [3.8, 4) is 0 Å². The molecule has 0 aliphatic carbocycles. The molecular formula is C8H8NO2S. The van der Waals surface area contributed by atoms with Gasteiger partial charge in [0.15, 0.2) is 0 Å². The molecule has 0 bridgehead atoms. The zero-order valence-corrected chi connectivity index (χ0v) is 7.20. The Morgan fingerprint density at radius 1 is 1.58 bits per heavy atom. The molecule has 0 saturated heterocycles. The minimum Gasteiger partial charge on any atom is -0.258 e. The highest BCUT2D eigenvalue weighted by Gasteiger charge is 2.04. The summed E-state index contributed by atoms with van der Waals surface area (Å²) in [5.41, 5.74) is 1.03. The summed E-state index contributed by atoms with van der Waals surface area (Å²) < 4.78 is 0. The lowest BCUT2D eigenvalue weighted by Crippen LogP contribution is -1.89. The lowest BCUT2D eigenvalue weighted by molar-refractivity contribution is -0.384. The van der Waals surface area contributed by atoms with Gasteiger partial charge in [-0.15, -0.1) is 0 Å². The first-order chi connectivity index (χ1) is 5.74. The zero-order chi connectivity index (χ0) is 8.97. The molecule has 0 heterocycles. The molecule has 1 aromatic carbocycles. The first-order valence-corrected chi connectivity index (χ1v) is 3.95. The molecule has 3 nitrogen and oxygen atoms in total. The molecule has 4 heteroatoms. The lowest BCUT2D eigenvalue weighted by atomic mass is 10.1. The molecule has 63 valence electrons. The molecule has 0 N–H and O–H groups in total. The van der Waals surface area contributed by atoms with E-state index in [1.807, 2.05) is 6.07 Å². The Labute approximate surface area is 76.0 Å². The number of nitro groups is 1. The number of nitro benzene ring substituents is 1. The summed E-state index contributed by atoms with van der Waals surface area (Å²) >= 11 is 3.92. The highest BCUT2D eigenvalue weighted by atomic mass is 32.1. The van der Waals surface area contributed by atoms with Crippen molar-refractivity contribution in [3.63, 3.8) is 0 Å². The van der Waals surface area contributed by atoms with Crippen molar-refractivity contribution in [3.05, 3.63) is 45.7 Å². The third-order valence-electron chi connectivity index (χ3n) is 1.45. The standard InChI is InChI=1S/C8H8NO2S/c10-9(11)8-3-1-2-7(6-8)4-5-12/h1-3,5-6,12H,4H2. The Kier molecular flexibility index (Phi) is 3.10. The van der Waals surface area contributed by atoms with Gasteiger partial charge in [-0.25, -0.2) is 0 Å². The fraction of sp³-hybridized carbons (Fsp3) is 0.125. The minimum atomic E-state index is -0.401. The number of nitrogens with zero attached hydrogens (tertiary/aromatic N) is 1. The van der Waals surface area contributed by atoms with Crippen molar-refractivity contribution < 1.29 is 4.92 Å². The van der Waals surface area contributed by atoms with E-state index in [1.165, 1.54) is 6.07 Å². The van der Waals surface area contributed by atoms with Crippen LogP contribution in [-0.4, -0.2) is 4.92 Å². The van der Waals surface area contributed by atoms with Crippen LogP contribution in [0.3, 0.4) is 0 Å². The first-order valence-electron chi connectivity index (χ1n) is 3.43. The predicted octanol–water partition coefficient (Wildman–Crippen LogP) is 2.23. The Morgan fingerprint density at radius 2 is 2.33 bits per heavy atom. The average Bonchev–Trinajstić information content (AvgIpc) is 2.05. The zero-order valence-electron chi connectivity index (χ0n) is 6.30. The van der Waals surface area contributed by atoms with Crippen LogP contribution in [0.5, 0.6) is 0 Å². The molecule has 0 atom stereocenters. The number of thiol groups is 1. The molecule has 0 fully saturated rings. The third kappa shape index (κ3) is 2.23. The SMILES string of the molecule is O=[N+]([O-])c1cccc(C[CH]S)c1. The summed E-state index contributed by atoms with van der Waals surface area (Å²) in [7, 11) is 0. The quantitative estimate of drug-likeness (QED) is 0.442. The second-order valence-corrected chi connectivity index (χ2v) is 2.68. The van der Waals surface area contributed by atoms with Gasteiger partial charge in [-0.1, -0.05) is 12.1 Å². The summed E-state index contributed by atoms with van der Waals surface area (Å²) in [5, 5.41) is 10.3. The van der Waals surface area contributed by atoms with Gasteiger partial charge in [0.2, 0.25) is 0 Å². The van der Waals surface area contributed by atoms with E-state index in [0.717, 1.165) is 5.56 Å². The molecule has 0 aliphatic heterocycles. The van der Waals surface area contributed by atoms with Crippen LogP contribution in [0.4, 0.5) is 5.69 Å². The van der Waals surface area contributed by atoms with E-state index in [4.69, 9.17) is 0 Å². The van der Waals surface area contributed by atoms with E-state index in [2.05, 4.69) is 12.6 Å². The largest absolute Gasteiger partial charge is 0.269 e. The topological polar surface area (TPSA) is 43.1 Å². The molecule has 0 aromatic heterocycles. The normalized spacial score (nSPS) is 9.75. The van der Waals surface area contributed by atoms with Crippen molar-refractivity contribution >= 4 is 18.3 Å². The molecule has 1 radical (unpaired) electrons. The van der Waals surface area contributed by atoms with E-state index in [0.29, 0.717) is 6.42 Å². The van der Waals surface area contributed by atoms with Gasteiger partial charge in [0.05, 0.1) is 4.92 Å². The van der Waals surface area contributed by atoms with E-state index in [1.54, 1.807) is 17.9 Å². The van der Waals surface area contributed by atoms with Crippen LogP contribution in [0, 0.1) is 15.9 Å². The summed E-state index contributed by atoms with van der Waals surface area (Å²) in [6, 6.07) is 6.53. The predicted molar refractivity (Wildman–Crippen MR) is 50.1 cm³/mol. The van der Waals surface area contributed by atoms with Crippen LogP contribution in [0.1, 0.15) is 5.56 Å².